The zero-order valence-electron chi connectivity index (χ0n) is 10.5. The third-order valence-electron chi connectivity index (χ3n) is 3.31. The molecule has 0 aromatic heterocycles. The lowest BCUT2D eigenvalue weighted by atomic mass is 9.93. The van der Waals surface area contributed by atoms with Gasteiger partial charge in [0.1, 0.15) is 5.82 Å². The van der Waals surface area contributed by atoms with Crippen molar-refractivity contribution in [1.82, 2.24) is 0 Å². The fourth-order valence-electron chi connectivity index (χ4n) is 2.15. The third-order valence-corrected chi connectivity index (χ3v) is 3.31. The number of rotatable bonds is 4. The van der Waals surface area contributed by atoms with Crippen molar-refractivity contribution in [1.29, 1.82) is 0 Å². The van der Waals surface area contributed by atoms with Gasteiger partial charge in [-0.3, -0.25) is 9.59 Å². The summed E-state index contributed by atoms with van der Waals surface area (Å²) in [6.07, 6.45) is 1.15. The van der Waals surface area contributed by atoms with Crippen LogP contribution in [0.15, 0.2) is 18.2 Å². The minimum Gasteiger partial charge on any atom is -0.465 e. The van der Waals surface area contributed by atoms with Gasteiger partial charge < -0.3 is 4.74 Å². The van der Waals surface area contributed by atoms with E-state index < -0.39 is 17.2 Å². The molecule has 2 rings (SSSR count). The average Bonchev–Trinajstić information content (AvgIpc) is 3.10. The van der Waals surface area contributed by atoms with E-state index in [2.05, 4.69) is 0 Å². The maximum Gasteiger partial charge on any atom is 0.316 e. The number of esters is 1. The third kappa shape index (κ3) is 1.92. The molecule has 96 valence electrons. The molecule has 1 aliphatic carbocycles. The molecule has 0 aliphatic heterocycles. The van der Waals surface area contributed by atoms with Crippen molar-refractivity contribution in [2.24, 2.45) is 0 Å². The minimum absolute atomic E-state index is 0.0306. The standard InChI is InChI=1S/C14H15FO3/c1-3-18-13(17)14(7-8-14)11-6-4-5-10(9(2)16)12(11)15/h4-6H,3,7-8H2,1-2H3. The zero-order chi connectivity index (χ0) is 13.3. The van der Waals surface area contributed by atoms with Crippen molar-refractivity contribution in [3.05, 3.63) is 35.1 Å². The second-order valence-electron chi connectivity index (χ2n) is 4.53. The van der Waals surface area contributed by atoms with Crippen LogP contribution in [0.2, 0.25) is 0 Å². The summed E-state index contributed by atoms with van der Waals surface area (Å²) in [6, 6.07) is 4.60. The summed E-state index contributed by atoms with van der Waals surface area (Å²) in [4.78, 5) is 23.2. The van der Waals surface area contributed by atoms with Crippen molar-refractivity contribution in [2.45, 2.75) is 32.1 Å². The Kier molecular flexibility index (Phi) is 3.20. The van der Waals surface area contributed by atoms with Crippen molar-refractivity contribution < 1.29 is 18.7 Å². The van der Waals surface area contributed by atoms with Gasteiger partial charge in [-0.2, -0.15) is 0 Å². The lowest BCUT2D eigenvalue weighted by molar-refractivity contribution is -0.146. The summed E-state index contributed by atoms with van der Waals surface area (Å²) in [5.41, 5.74) is -0.553. The Morgan fingerprint density at radius 1 is 1.39 bits per heavy atom. The van der Waals surface area contributed by atoms with E-state index in [4.69, 9.17) is 4.74 Å². The van der Waals surface area contributed by atoms with Gasteiger partial charge in [-0.25, -0.2) is 4.39 Å². The SMILES string of the molecule is CCOC(=O)C1(c2cccc(C(C)=O)c2F)CC1. The van der Waals surface area contributed by atoms with Crippen LogP contribution in [-0.4, -0.2) is 18.4 Å². The summed E-state index contributed by atoms with van der Waals surface area (Å²) >= 11 is 0. The number of hydrogen-bond donors (Lipinski definition) is 0. The van der Waals surface area contributed by atoms with Crippen LogP contribution in [0.25, 0.3) is 0 Å². The van der Waals surface area contributed by atoms with E-state index in [9.17, 15) is 14.0 Å². The molecule has 1 saturated carbocycles. The largest absolute Gasteiger partial charge is 0.465 e. The Balaban J connectivity index is 2.43. The highest BCUT2D eigenvalue weighted by molar-refractivity contribution is 5.95. The summed E-state index contributed by atoms with van der Waals surface area (Å²) in [5.74, 6) is -1.32. The molecule has 0 heterocycles. The molecule has 1 fully saturated rings. The highest BCUT2D eigenvalue weighted by atomic mass is 19.1. The monoisotopic (exact) mass is 250 g/mol. The van der Waals surface area contributed by atoms with Gasteiger partial charge in [-0.05, 0) is 32.8 Å². The fraction of sp³-hybridized carbons (Fsp3) is 0.429. The van der Waals surface area contributed by atoms with Crippen molar-refractivity contribution >= 4 is 11.8 Å². The lowest BCUT2D eigenvalue weighted by Crippen LogP contribution is -2.25. The van der Waals surface area contributed by atoms with Gasteiger partial charge in [-0.15, -0.1) is 0 Å². The first kappa shape index (κ1) is 12.7. The van der Waals surface area contributed by atoms with Gasteiger partial charge in [0.05, 0.1) is 17.6 Å². The summed E-state index contributed by atoms with van der Waals surface area (Å²) in [6.45, 7) is 3.30. The first-order valence-corrected chi connectivity index (χ1v) is 6.00. The van der Waals surface area contributed by atoms with Gasteiger partial charge in [0.25, 0.3) is 0 Å². The van der Waals surface area contributed by atoms with Crippen LogP contribution in [0.4, 0.5) is 4.39 Å². The topological polar surface area (TPSA) is 43.4 Å². The van der Waals surface area contributed by atoms with Crippen LogP contribution < -0.4 is 0 Å². The summed E-state index contributed by atoms with van der Waals surface area (Å²) in [5, 5.41) is 0. The Hall–Kier alpha value is -1.71. The summed E-state index contributed by atoms with van der Waals surface area (Å²) < 4.78 is 19.2. The first-order chi connectivity index (χ1) is 8.53. The molecule has 3 nitrogen and oxygen atoms in total. The second-order valence-corrected chi connectivity index (χ2v) is 4.53. The Morgan fingerprint density at radius 3 is 2.56 bits per heavy atom. The molecule has 0 bridgehead atoms. The van der Waals surface area contributed by atoms with E-state index in [0.29, 0.717) is 12.8 Å². The molecular weight excluding hydrogens is 235 g/mol. The molecule has 1 aromatic carbocycles. The molecule has 0 spiro atoms. The minimum atomic E-state index is -0.869. The smallest absolute Gasteiger partial charge is 0.316 e. The second kappa shape index (κ2) is 4.52. The van der Waals surface area contributed by atoms with Crippen LogP contribution in [0.3, 0.4) is 0 Å². The average molecular weight is 250 g/mol. The molecular formula is C14H15FO3. The molecule has 1 aromatic rings. The molecule has 0 unspecified atom stereocenters. The van der Waals surface area contributed by atoms with E-state index >= 15 is 0 Å². The number of ether oxygens (including phenoxy) is 1. The first-order valence-electron chi connectivity index (χ1n) is 6.00. The number of benzene rings is 1. The number of hydrogen-bond acceptors (Lipinski definition) is 3. The maximum absolute atomic E-state index is 14.2. The normalized spacial score (nSPS) is 16.2. The molecule has 4 heteroatoms. The van der Waals surface area contributed by atoms with Gasteiger partial charge in [-0.1, -0.05) is 12.1 Å². The van der Waals surface area contributed by atoms with Crippen molar-refractivity contribution in [2.75, 3.05) is 6.61 Å². The van der Waals surface area contributed by atoms with Gasteiger partial charge in [0.15, 0.2) is 5.78 Å². The molecule has 0 atom stereocenters. The number of carbonyl (C=O) groups is 2. The Bertz CT molecular complexity index is 504. The number of halogens is 1. The van der Waals surface area contributed by atoms with Crippen LogP contribution >= 0.6 is 0 Å². The fourth-order valence-corrected chi connectivity index (χ4v) is 2.15. The molecule has 0 amide bonds. The van der Waals surface area contributed by atoms with Gasteiger partial charge >= 0.3 is 5.97 Å². The number of ketones is 1. The van der Waals surface area contributed by atoms with Crippen molar-refractivity contribution in [3.8, 4) is 0 Å². The highest BCUT2D eigenvalue weighted by Gasteiger charge is 2.54. The molecule has 0 N–H and O–H groups in total. The molecule has 1 aliphatic rings. The number of carbonyl (C=O) groups excluding carboxylic acids is 2. The van der Waals surface area contributed by atoms with Gasteiger partial charge in [0, 0.05) is 5.56 Å². The van der Waals surface area contributed by atoms with Crippen LogP contribution in [0.5, 0.6) is 0 Å². The lowest BCUT2D eigenvalue weighted by Gasteiger charge is -2.16. The number of Topliss-reactive ketones (excluding diaryl/α,β-unsaturated/α-hetero) is 1. The predicted octanol–water partition coefficient (Wildman–Crippen LogP) is 2.62. The zero-order valence-corrected chi connectivity index (χ0v) is 10.5. The van der Waals surface area contributed by atoms with E-state index in [1.54, 1.807) is 19.1 Å². The van der Waals surface area contributed by atoms with Crippen LogP contribution in [-0.2, 0) is 14.9 Å². The molecule has 18 heavy (non-hydrogen) atoms. The van der Waals surface area contributed by atoms with E-state index in [-0.39, 0.29) is 23.5 Å². The molecule has 0 radical (unpaired) electrons. The van der Waals surface area contributed by atoms with Gasteiger partial charge in [0.2, 0.25) is 0 Å². The van der Waals surface area contributed by atoms with E-state index in [0.717, 1.165) is 0 Å². The van der Waals surface area contributed by atoms with E-state index in [1.165, 1.54) is 13.0 Å². The van der Waals surface area contributed by atoms with Crippen LogP contribution in [0.1, 0.15) is 42.6 Å². The molecule has 0 saturated heterocycles. The van der Waals surface area contributed by atoms with Crippen LogP contribution in [0, 0.1) is 5.82 Å². The highest BCUT2D eigenvalue weighted by Crippen LogP contribution is 2.50. The Labute approximate surface area is 105 Å². The maximum atomic E-state index is 14.2. The van der Waals surface area contributed by atoms with E-state index in [1.807, 2.05) is 0 Å². The quantitative estimate of drug-likeness (QED) is 0.609. The summed E-state index contributed by atoms with van der Waals surface area (Å²) in [7, 11) is 0. The van der Waals surface area contributed by atoms with Crippen molar-refractivity contribution in [3.63, 3.8) is 0 Å². The Morgan fingerprint density at radius 2 is 2.06 bits per heavy atom. The predicted molar refractivity (Wildman–Crippen MR) is 63.9 cm³/mol.